The normalized spacial score (nSPS) is 16.4. The first-order chi connectivity index (χ1) is 9.72. The fraction of sp³-hybridized carbons (Fsp3) is 0.385. The van der Waals surface area contributed by atoms with Crippen molar-refractivity contribution in [2.45, 2.75) is 18.9 Å². The van der Waals surface area contributed by atoms with Gasteiger partial charge in [0.25, 0.3) is 0 Å². The van der Waals surface area contributed by atoms with Gasteiger partial charge in [-0.25, -0.2) is 4.39 Å². The summed E-state index contributed by atoms with van der Waals surface area (Å²) in [4.78, 5) is 2.16. The molecule has 106 valence electrons. The predicted molar refractivity (Wildman–Crippen MR) is 76.3 cm³/mol. The van der Waals surface area contributed by atoms with Crippen molar-refractivity contribution in [3.63, 3.8) is 0 Å². The second kappa shape index (κ2) is 5.78. The maximum Gasteiger partial charge on any atom is 0.170 e. The fourth-order valence-corrected chi connectivity index (χ4v) is 2.64. The highest BCUT2D eigenvalue weighted by atomic mass is 79.9. The lowest BCUT2D eigenvalue weighted by Gasteiger charge is -2.32. The molecule has 0 saturated carbocycles. The van der Waals surface area contributed by atoms with Gasteiger partial charge in [0.05, 0.1) is 10.7 Å². The number of aromatic nitrogens is 3. The van der Waals surface area contributed by atoms with Crippen molar-refractivity contribution in [1.82, 2.24) is 15.4 Å². The SMILES string of the molecule is Fc1ccc(Br)c(OC2CCN(c3cn[nH]n3)CC2)c1. The molecule has 1 saturated heterocycles. The third-order valence-corrected chi connectivity index (χ3v) is 4.01. The van der Waals surface area contributed by atoms with Crippen LogP contribution in [0.3, 0.4) is 0 Å². The van der Waals surface area contributed by atoms with Gasteiger partial charge in [-0.2, -0.15) is 10.3 Å². The van der Waals surface area contributed by atoms with Gasteiger partial charge in [0.1, 0.15) is 17.7 Å². The Balaban J connectivity index is 1.60. The van der Waals surface area contributed by atoms with Crippen molar-refractivity contribution in [1.29, 1.82) is 0 Å². The number of rotatable bonds is 3. The number of nitrogens with zero attached hydrogens (tertiary/aromatic N) is 3. The van der Waals surface area contributed by atoms with Crippen molar-refractivity contribution in [3.05, 3.63) is 34.7 Å². The quantitative estimate of drug-likeness (QED) is 0.933. The van der Waals surface area contributed by atoms with E-state index in [1.807, 2.05) is 0 Å². The Morgan fingerprint density at radius 3 is 2.85 bits per heavy atom. The minimum Gasteiger partial charge on any atom is -0.489 e. The molecule has 1 N–H and O–H groups in total. The molecule has 0 aliphatic carbocycles. The van der Waals surface area contributed by atoms with Crippen LogP contribution >= 0.6 is 15.9 Å². The van der Waals surface area contributed by atoms with E-state index in [0.717, 1.165) is 36.2 Å². The lowest BCUT2D eigenvalue weighted by atomic mass is 10.1. The van der Waals surface area contributed by atoms with Gasteiger partial charge < -0.3 is 9.64 Å². The highest BCUT2D eigenvalue weighted by molar-refractivity contribution is 9.10. The van der Waals surface area contributed by atoms with Crippen LogP contribution in [0.5, 0.6) is 5.75 Å². The number of aromatic amines is 1. The molecule has 7 heteroatoms. The third kappa shape index (κ3) is 2.92. The molecule has 0 radical (unpaired) electrons. The number of H-pyrrole nitrogens is 1. The van der Waals surface area contributed by atoms with Crippen molar-refractivity contribution in [2.24, 2.45) is 0 Å². The zero-order valence-corrected chi connectivity index (χ0v) is 12.3. The van der Waals surface area contributed by atoms with Crippen molar-refractivity contribution < 1.29 is 9.13 Å². The van der Waals surface area contributed by atoms with E-state index in [2.05, 4.69) is 36.2 Å². The molecule has 0 atom stereocenters. The highest BCUT2D eigenvalue weighted by Crippen LogP contribution is 2.29. The number of anilines is 1. The smallest absolute Gasteiger partial charge is 0.170 e. The summed E-state index contributed by atoms with van der Waals surface area (Å²) in [6.45, 7) is 1.70. The predicted octanol–water partition coefficient (Wildman–Crippen LogP) is 2.75. The van der Waals surface area contributed by atoms with Gasteiger partial charge in [-0.05, 0) is 28.1 Å². The van der Waals surface area contributed by atoms with Gasteiger partial charge in [-0.15, -0.1) is 5.10 Å². The third-order valence-electron chi connectivity index (χ3n) is 3.36. The molecular weight excluding hydrogens is 327 g/mol. The fourth-order valence-electron chi connectivity index (χ4n) is 2.30. The molecule has 1 aliphatic heterocycles. The zero-order valence-electron chi connectivity index (χ0n) is 10.7. The van der Waals surface area contributed by atoms with Crippen molar-refractivity contribution in [2.75, 3.05) is 18.0 Å². The van der Waals surface area contributed by atoms with Crippen LogP contribution in [0, 0.1) is 5.82 Å². The summed E-state index contributed by atoms with van der Waals surface area (Å²) in [5.74, 6) is 1.13. The molecule has 2 aromatic rings. The van der Waals surface area contributed by atoms with Crippen LogP contribution in [0.4, 0.5) is 10.2 Å². The summed E-state index contributed by atoms with van der Waals surface area (Å²) in [7, 11) is 0. The first-order valence-electron chi connectivity index (χ1n) is 6.45. The van der Waals surface area contributed by atoms with E-state index < -0.39 is 0 Å². The van der Waals surface area contributed by atoms with Crippen LogP contribution in [0.2, 0.25) is 0 Å². The van der Waals surface area contributed by atoms with Crippen LogP contribution < -0.4 is 9.64 Å². The number of nitrogens with one attached hydrogen (secondary N) is 1. The lowest BCUT2D eigenvalue weighted by molar-refractivity contribution is 0.169. The Morgan fingerprint density at radius 1 is 1.35 bits per heavy atom. The van der Waals surface area contributed by atoms with Crippen molar-refractivity contribution >= 4 is 21.7 Å². The Hall–Kier alpha value is -1.63. The highest BCUT2D eigenvalue weighted by Gasteiger charge is 2.22. The molecular formula is C13H14BrFN4O. The summed E-state index contributed by atoms with van der Waals surface area (Å²) < 4.78 is 19.9. The second-order valence-corrected chi connectivity index (χ2v) is 5.56. The number of hydrogen-bond acceptors (Lipinski definition) is 4. The number of ether oxygens (including phenoxy) is 1. The maximum absolute atomic E-state index is 13.2. The minimum atomic E-state index is -0.289. The summed E-state index contributed by atoms with van der Waals surface area (Å²) in [5.41, 5.74) is 0. The van der Waals surface area contributed by atoms with Gasteiger partial charge in [0.15, 0.2) is 5.82 Å². The second-order valence-electron chi connectivity index (χ2n) is 4.71. The van der Waals surface area contributed by atoms with E-state index in [1.165, 1.54) is 12.1 Å². The average molecular weight is 341 g/mol. The number of benzene rings is 1. The van der Waals surface area contributed by atoms with Crippen molar-refractivity contribution in [3.8, 4) is 5.75 Å². The molecule has 0 amide bonds. The van der Waals surface area contributed by atoms with Crippen LogP contribution in [-0.2, 0) is 0 Å². The summed E-state index contributed by atoms with van der Waals surface area (Å²) >= 11 is 3.38. The summed E-state index contributed by atoms with van der Waals surface area (Å²) in [5, 5.41) is 10.5. The molecule has 0 bridgehead atoms. The monoisotopic (exact) mass is 340 g/mol. The Labute approximate surface area is 124 Å². The molecule has 5 nitrogen and oxygen atoms in total. The van der Waals surface area contributed by atoms with Crippen LogP contribution in [0.25, 0.3) is 0 Å². The van der Waals surface area contributed by atoms with E-state index in [1.54, 1.807) is 12.3 Å². The van der Waals surface area contributed by atoms with Gasteiger partial charge in [0, 0.05) is 32.0 Å². The van der Waals surface area contributed by atoms with E-state index in [4.69, 9.17) is 4.74 Å². The maximum atomic E-state index is 13.2. The topological polar surface area (TPSA) is 54.0 Å². The summed E-state index contributed by atoms with van der Waals surface area (Å²) in [6, 6.07) is 4.48. The van der Waals surface area contributed by atoms with E-state index in [9.17, 15) is 4.39 Å². The molecule has 1 aliphatic rings. The molecule has 0 spiro atoms. The lowest BCUT2D eigenvalue weighted by Crippen LogP contribution is -2.38. The number of halogens is 2. The number of piperidine rings is 1. The van der Waals surface area contributed by atoms with Crippen LogP contribution in [0.15, 0.2) is 28.9 Å². The van der Waals surface area contributed by atoms with E-state index in [0.29, 0.717) is 5.75 Å². The summed E-state index contributed by atoms with van der Waals surface area (Å²) in [6.07, 6.45) is 3.55. The Kier molecular flexibility index (Phi) is 3.86. The van der Waals surface area contributed by atoms with Gasteiger partial charge in [-0.1, -0.05) is 0 Å². The first-order valence-corrected chi connectivity index (χ1v) is 7.24. The molecule has 1 aromatic carbocycles. The first kappa shape index (κ1) is 13.4. The largest absolute Gasteiger partial charge is 0.489 e. The van der Waals surface area contributed by atoms with Crippen LogP contribution in [0.1, 0.15) is 12.8 Å². The molecule has 1 fully saturated rings. The molecule has 20 heavy (non-hydrogen) atoms. The molecule has 3 rings (SSSR count). The molecule has 2 heterocycles. The van der Waals surface area contributed by atoms with Gasteiger partial charge in [-0.3, -0.25) is 0 Å². The van der Waals surface area contributed by atoms with E-state index in [-0.39, 0.29) is 11.9 Å². The Bertz CT molecular complexity index is 570. The zero-order chi connectivity index (χ0) is 13.9. The van der Waals surface area contributed by atoms with Gasteiger partial charge >= 0.3 is 0 Å². The van der Waals surface area contributed by atoms with E-state index >= 15 is 0 Å². The Morgan fingerprint density at radius 2 is 2.15 bits per heavy atom. The van der Waals surface area contributed by atoms with Gasteiger partial charge in [0.2, 0.25) is 0 Å². The average Bonchev–Trinajstić information content (AvgIpc) is 2.98. The van der Waals surface area contributed by atoms with Crippen LogP contribution in [-0.4, -0.2) is 34.6 Å². The minimum absolute atomic E-state index is 0.0938. The standard InChI is InChI=1S/C13H14BrFN4O/c14-11-2-1-9(15)7-12(11)20-10-3-5-19(6-4-10)13-8-16-18-17-13/h1-2,7-8,10H,3-6H2,(H,16,17,18). The molecule has 0 unspecified atom stereocenters. The molecule has 1 aromatic heterocycles. The number of hydrogen-bond donors (Lipinski definition) is 1.